The summed E-state index contributed by atoms with van der Waals surface area (Å²) < 4.78 is 36.4. The Kier molecular flexibility index (Phi) is 4.24. The summed E-state index contributed by atoms with van der Waals surface area (Å²) in [6.07, 6.45) is 1.40. The molecule has 1 aromatic heterocycles. The van der Waals surface area contributed by atoms with Gasteiger partial charge >= 0.3 is 0 Å². The van der Waals surface area contributed by atoms with Crippen LogP contribution in [0.2, 0.25) is 0 Å². The van der Waals surface area contributed by atoms with Crippen LogP contribution in [0.4, 0.5) is 5.69 Å². The molecule has 0 aliphatic carbocycles. The van der Waals surface area contributed by atoms with Crippen LogP contribution in [0.1, 0.15) is 5.76 Å². The van der Waals surface area contributed by atoms with E-state index in [0.717, 1.165) is 12.1 Å². The molecule has 1 aromatic carbocycles. The third-order valence-electron chi connectivity index (χ3n) is 2.67. The number of benzene rings is 1. The molecular formula is C12H12N2O6S. The third-order valence-corrected chi connectivity index (χ3v) is 4.12. The van der Waals surface area contributed by atoms with Crippen LogP contribution in [-0.2, 0) is 16.6 Å². The summed E-state index contributed by atoms with van der Waals surface area (Å²) in [5.41, 5.74) is -0.554. The molecule has 0 aliphatic heterocycles. The Balaban J connectivity index is 2.32. The second-order valence-electron chi connectivity index (χ2n) is 3.99. The van der Waals surface area contributed by atoms with Gasteiger partial charge < -0.3 is 9.15 Å². The van der Waals surface area contributed by atoms with Crippen LogP contribution in [-0.4, -0.2) is 20.5 Å². The summed E-state index contributed by atoms with van der Waals surface area (Å²) in [5.74, 6) is 0.599. The van der Waals surface area contributed by atoms with Gasteiger partial charge in [-0.3, -0.25) is 10.1 Å². The number of methoxy groups -OCH3 is 1. The Hall–Kier alpha value is -2.39. The summed E-state index contributed by atoms with van der Waals surface area (Å²) in [6, 6.07) is 6.72. The first kappa shape index (κ1) is 15.0. The van der Waals surface area contributed by atoms with Crippen molar-refractivity contribution in [3.8, 4) is 5.75 Å². The van der Waals surface area contributed by atoms with Crippen LogP contribution in [0.15, 0.2) is 45.9 Å². The number of hydrogen-bond donors (Lipinski definition) is 1. The van der Waals surface area contributed by atoms with Crippen LogP contribution in [0.3, 0.4) is 0 Å². The average molecular weight is 312 g/mol. The smallest absolute Gasteiger partial charge is 0.293 e. The minimum Gasteiger partial charge on any atom is -0.497 e. The summed E-state index contributed by atoms with van der Waals surface area (Å²) in [4.78, 5) is 9.80. The number of nitrogens with one attached hydrogen (secondary N) is 1. The lowest BCUT2D eigenvalue weighted by Crippen LogP contribution is -2.23. The number of sulfonamides is 1. The highest BCUT2D eigenvalue weighted by Crippen LogP contribution is 2.28. The van der Waals surface area contributed by atoms with Gasteiger partial charge in [0.1, 0.15) is 11.5 Å². The Labute approximate surface area is 120 Å². The van der Waals surface area contributed by atoms with E-state index in [9.17, 15) is 18.5 Å². The van der Waals surface area contributed by atoms with Crippen LogP contribution in [0.5, 0.6) is 5.75 Å². The number of ether oxygens (including phenoxy) is 1. The highest BCUT2D eigenvalue weighted by atomic mass is 32.2. The van der Waals surface area contributed by atoms with Gasteiger partial charge in [0.15, 0.2) is 4.90 Å². The maximum absolute atomic E-state index is 12.2. The first-order valence-electron chi connectivity index (χ1n) is 5.78. The highest BCUT2D eigenvalue weighted by Gasteiger charge is 2.26. The summed E-state index contributed by atoms with van der Waals surface area (Å²) in [5, 5.41) is 11.0. The van der Waals surface area contributed by atoms with Crippen molar-refractivity contribution in [3.63, 3.8) is 0 Å². The van der Waals surface area contributed by atoms with Gasteiger partial charge in [0, 0.05) is 0 Å². The molecule has 0 spiro atoms. The van der Waals surface area contributed by atoms with Gasteiger partial charge in [0.05, 0.1) is 30.9 Å². The Morgan fingerprint density at radius 1 is 1.38 bits per heavy atom. The van der Waals surface area contributed by atoms with Crippen molar-refractivity contribution in [2.45, 2.75) is 11.4 Å². The molecule has 0 unspecified atom stereocenters. The number of nitro benzene ring substituents is 1. The summed E-state index contributed by atoms with van der Waals surface area (Å²) in [6.45, 7) is -0.0987. The SMILES string of the molecule is COc1ccc(S(=O)(=O)NCc2ccco2)c([N+](=O)[O-])c1. The lowest BCUT2D eigenvalue weighted by Gasteiger charge is -2.07. The fourth-order valence-electron chi connectivity index (χ4n) is 1.65. The van der Waals surface area contributed by atoms with Gasteiger partial charge in [-0.25, -0.2) is 13.1 Å². The van der Waals surface area contributed by atoms with Crippen molar-refractivity contribution in [1.29, 1.82) is 0 Å². The first-order valence-corrected chi connectivity index (χ1v) is 7.27. The quantitative estimate of drug-likeness (QED) is 0.641. The minimum absolute atomic E-state index is 0.0987. The number of furan rings is 1. The molecule has 1 N–H and O–H groups in total. The maximum atomic E-state index is 12.2. The van der Waals surface area contributed by atoms with E-state index in [1.54, 1.807) is 12.1 Å². The molecule has 2 aromatic rings. The number of rotatable bonds is 6. The van der Waals surface area contributed by atoms with Crippen molar-refractivity contribution in [2.24, 2.45) is 0 Å². The van der Waals surface area contributed by atoms with Gasteiger partial charge in [-0.1, -0.05) is 0 Å². The fraction of sp³-hybridized carbons (Fsp3) is 0.167. The van der Waals surface area contributed by atoms with Gasteiger partial charge in [-0.2, -0.15) is 0 Å². The van der Waals surface area contributed by atoms with Gasteiger partial charge in [0.2, 0.25) is 10.0 Å². The predicted molar refractivity (Wildman–Crippen MR) is 72.4 cm³/mol. The van der Waals surface area contributed by atoms with Crippen LogP contribution < -0.4 is 9.46 Å². The van der Waals surface area contributed by atoms with Crippen molar-refractivity contribution in [3.05, 3.63) is 52.5 Å². The summed E-state index contributed by atoms with van der Waals surface area (Å²) in [7, 11) is -2.71. The molecule has 0 saturated heterocycles. The van der Waals surface area contributed by atoms with E-state index < -0.39 is 25.5 Å². The largest absolute Gasteiger partial charge is 0.497 e. The van der Waals surface area contributed by atoms with Crippen molar-refractivity contribution >= 4 is 15.7 Å². The lowest BCUT2D eigenvalue weighted by molar-refractivity contribution is -0.387. The lowest BCUT2D eigenvalue weighted by atomic mass is 10.3. The fourth-order valence-corrected chi connectivity index (χ4v) is 2.79. The Morgan fingerprint density at radius 2 is 2.14 bits per heavy atom. The van der Waals surface area contributed by atoms with E-state index in [1.165, 1.54) is 19.4 Å². The molecule has 0 atom stereocenters. The second-order valence-corrected chi connectivity index (χ2v) is 5.73. The van der Waals surface area contributed by atoms with Gasteiger partial charge in [0.25, 0.3) is 5.69 Å². The normalized spacial score (nSPS) is 11.3. The second kappa shape index (κ2) is 5.94. The molecule has 9 heteroatoms. The van der Waals surface area contributed by atoms with E-state index in [1.807, 2.05) is 0 Å². The molecule has 0 amide bonds. The van der Waals surface area contributed by atoms with Crippen LogP contribution in [0.25, 0.3) is 0 Å². The van der Waals surface area contributed by atoms with E-state index >= 15 is 0 Å². The average Bonchev–Trinajstić information content (AvgIpc) is 2.98. The molecule has 2 rings (SSSR count). The van der Waals surface area contributed by atoms with Crippen molar-refractivity contribution in [1.82, 2.24) is 4.72 Å². The molecule has 0 aliphatic rings. The zero-order valence-electron chi connectivity index (χ0n) is 11.0. The van der Waals surface area contributed by atoms with Crippen LogP contribution in [0, 0.1) is 10.1 Å². The number of nitrogens with zero attached hydrogens (tertiary/aromatic N) is 1. The van der Waals surface area contributed by atoms with Crippen LogP contribution >= 0.6 is 0 Å². The number of nitro groups is 1. The summed E-state index contributed by atoms with van der Waals surface area (Å²) >= 11 is 0. The first-order chi connectivity index (χ1) is 9.94. The Morgan fingerprint density at radius 3 is 2.71 bits per heavy atom. The van der Waals surface area contributed by atoms with Crippen molar-refractivity contribution < 1.29 is 22.5 Å². The standard InChI is InChI=1S/C12H12N2O6S/c1-19-9-4-5-12(11(7-9)14(15)16)21(17,18)13-8-10-3-2-6-20-10/h2-7,13H,8H2,1H3. The molecule has 0 bridgehead atoms. The Bertz CT molecular complexity index is 739. The monoisotopic (exact) mass is 312 g/mol. The predicted octanol–water partition coefficient (Wildman–Crippen LogP) is 1.67. The zero-order chi connectivity index (χ0) is 15.5. The van der Waals surface area contributed by atoms with E-state index in [-0.39, 0.29) is 12.3 Å². The van der Waals surface area contributed by atoms with Gasteiger partial charge in [-0.05, 0) is 24.3 Å². The molecular weight excluding hydrogens is 300 g/mol. The molecule has 0 radical (unpaired) electrons. The third kappa shape index (κ3) is 3.38. The number of hydrogen-bond acceptors (Lipinski definition) is 6. The van der Waals surface area contributed by atoms with E-state index in [2.05, 4.69) is 4.72 Å². The molecule has 0 saturated carbocycles. The van der Waals surface area contributed by atoms with E-state index in [0.29, 0.717) is 5.76 Å². The molecule has 1 heterocycles. The zero-order valence-corrected chi connectivity index (χ0v) is 11.8. The topological polar surface area (TPSA) is 112 Å². The molecule has 0 fully saturated rings. The minimum atomic E-state index is -4.04. The molecule has 21 heavy (non-hydrogen) atoms. The van der Waals surface area contributed by atoms with Crippen molar-refractivity contribution in [2.75, 3.05) is 7.11 Å². The molecule has 8 nitrogen and oxygen atoms in total. The maximum Gasteiger partial charge on any atom is 0.293 e. The highest BCUT2D eigenvalue weighted by molar-refractivity contribution is 7.89. The van der Waals surface area contributed by atoms with Gasteiger partial charge in [-0.15, -0.1) is 0 Å². The molecule has 112 valence electrons. The van der Waals surface area contributed by atoms with E-state index in [4.69, 9.17) is 9.15 Å².